The summed E-state index contributed by atoms with van der Waals surface area (Å²) in [7, 11) is 0. The van der Waals surface area contributed by atoms with Gasteiger partial charge in [0.2, 0.25) is 5.88 Å². The highest BCUT2D eigenvalue weighted by molar-refractivity contribution is 9.10. The van der Waals surface area contributed by atoms with Crippen LogP contribution < -0.4 is 4.74 Å². The summed E-state index contributed by atoms with van der Waals surface area (Å²) in [6, 6.07) is 2.00. The van der Waals surface area contributed by atoms with E-state index in [4.69, 9.17) is 9.47 Å². The molecule has 0 bridgehead atoms. The third-order valence-corrected chi connectivity index (χ3v) is 2.60. The zero-order valence-corrected chi connectivity index (χ0v) is 9.58. The largest absolute Gasteiger partial charge is 0.472 e. The summed E-state index contributed by atoms with van der Waals surface area (Å²) in [6.45, 7) is 3.46. The molecule has 3 nitrogen and oxygen atoms in total. The van der Waals surface area contributed by atoms with Gasteiger partial charge in [-0.25, -0.2) is 4.98 Å². The summed E-state index contributed by atoms with van der Waals surface area (Å²) in [4.78, 5) is 4.22. The van der Waals surface area contributed by atoms with Gasteiger partial charge in [-0.05, 0) is 28.9 Å². The van der Waals surface area contributed by atoms with Crippen LogP contribution in [0, 0.1) is 6.92 Å². The van der Waals surface area contributed by atoms with E-state index < -0.39 is 0 Å². The van der Waals surface area contributed by atoms with Gasteiger partial charge in [0.15, 0.2) is 0 Å². The Balaban J connectivity index is 2.08. The number of halogens is 1. The van der Waals surface area contributed by atoms with E-state index in [0.717, 1.165) is 23.1 Å². The zero-order chi connectivity index (χ0) is 9.97. The number of aromatic nitrogens is 1. The molecule has 1 fully saturated rings. The van der Waals surface area contributed by atoms with Crippen molar-refractivity contribution in [2.75, 3.05) is 13.2 Å². The minimum absolute atomic E-state index is 0.169. The van der Waals surface area contributed by atoms with Crippen molar-refractivity contribution in [2.45, 2.75) is 19.4 Å². The minimum atomic E-state index is 0.169. The van der Waals surface area contributed by atoms with Gasteiger partial charge in [-0.15, -0.1) is 0 Å². The van der Waals surface area contributed by atoms with E-state index in [9.17, 15) is 0 Å². The van der Waals surface area contributed by atoms with Crippen LogP contribution in [0.2, 0.25) is 0 Å². The van der Waals surface area contributed by atoms with Crippen LogP contribution in [0.1, 0.15) is 12.0 Å². The van der Waals surface area contributed by atoms with E-state index >= 15 is 0 Å². The standard InChI is InChI=1S/C10H12BrNO2/c1-7-4-8(11)5-12-10(7)14-9-2-3-13-6-9/h4-5,9H,2-3,6H2,1H3. The molecule has 1 unspecified atom stereocenters. The topological polar surface area (TPSA) is 31.4 Å². The van der Waals surface area contributed by atoms with Gasteiger partial charge >= 0.3 is 0 Å². The maximum atomic E-state index is 5.70. The highest BCUT2D eigenvalue weighted by Gasteiger charge is 2.18. The Labute approximate surface area is 91.6 Å². The molecule has 0 N–H and O–H groups in total. The normalized spacial score (nSPS) is 21.1. The van der Waals surface area contributed by atoms with Crippen LogP contribution >= 0.6 is 15.9 Å². The molecule has 1 saturated heterocycles. The predicted octanol–water partition coefficient (Wildman–Crippen LogP) is 2.32. The fraction of sp³-hybridized carbons (Fsp3) is 0.500. The first-order valence-electron chi connectivity index (χ1n) is 4.62. The van der Waals surface area contributed by atoms with Crippen LogP contribution in [0.25, 0.3) is 0 Å². The fourth-order valence-corrected chi connectivity index (χ4v) is 1.86. The molecular formula is C10H12BrNO2. The van der Waals surface area contributed by atoms with E-state index in [1.807, 2.05) is 13.0 Å². The van der Waals surface area contributed by atoms with Crippen LogP contribution in [0.15, 0.2) is 16.7 Å². The SMILES string of the molecule is Cc1cc(Br)cnc1OC1CCOC1. The number of nitrogens with zero attached hydrogens (tertiary/aromatic N) is 1. The summed E-state index contributed by atoms with van der Waals surface area (Å²) >= 11 is 3.37. The van der Waals surface area contributed by atoms with Gasteiger partial charge in [-0.3, -0.25) is 0 Å². The van der Waals surface area contributed by atoms with Crippen LogP contribution in [0.4, 0.5) is 0 Å². The number of aryl methyl sites for hydroxylation is 1. The number of hydrogen-bond donors (Lipinski definition) is 0. The molecule has 4 heteroatoms. The third kappa shape index (κ3) is 2.25. The lowest BCUT2D eigenvalue weighted by atomic mass is 10.3. The van der Waals surface area contributed by atoms with Gasteiger partial charge in [0.05, 0.1) is 13.2 Å². The smallest absolute Gasteiger partial charge is 0.216 e. The van der Waals surface area contributed by atoms with Crippen molar-refractivity contribution in [1.29, 1.82) is 0 Å². The Bertz CT molecular complexity index is 324. The fourth-order valence-electron chi connectivity index (χ4n) is 1.42. The molecule has 1 aliphatic heterocycles. The van der Waals surface area contributed by atoms with Crippen molar-refractivity contribution in [3.8, 4) is 5.88 Å². The highest BCUT2D eigenvalue weighted by atomic mass is 79.9. The average Bonchev–Trinajstić information content (AvgIpc) is 2.62. The van der Waals surface area contributed by atoms with Gasteiger partial charge in [0, 0.05) is 22.7 Å². The molecule has 2 rings (SSSR count). The average molecular weight is 258 g/mol. The predicted molar refractivity (Wildman–Crippen MR) is 56.5 cm³/mol. The van der Waals surface area contributed by atoms with Crippen LogP contribution in [-0.4, -0.2) is 24.3 Å². The Morgan fingerprint density at radius 3 is 3.14 bits per heavy atom. The highest BCUT2D eigenvalue weighted by Crippen LogP contribution is 2.21. The first-order chi connectivity index (χ1) is 6.75. The summed E-state index contributed by atoms with van der Waals surface area (Å²) in [5, 5.41) is 0. The summed E-state index contributed by atoms with van der Waals surface area (Å²) < 4.78 is 11.9. The molecule has 1 aromatic heterocycles. The quantitative estimate of drug-likeness (QED) is 0.815. The second-order valence-corrected chi connectivity index (χ2v) is 4.29. The van der Waals surface area contributed by atoms with Crippen molar-refractivity contribution >= 4 is 15.9 Å². The zero-order valence-electron chi connectivity index (χ0n) is 8.00. The first kappa shape index (κ1) is 9.93. The molecule has 0 radical (unpaired) electrons. The molecule has 0 amide bonds. The lowest BCUT2D eigenvalue weighted by molar-refractivity contribution is 0.137. The lowest BCUT2D eigenvalue weighted by Gasteiger charge is -2.12. The van der Waals surface area contributed by atoms with Crippen LogP contribution in [0.5, 0.6) is 5.88 Å². The van der Waals surface area contributed by atoms with Crippen LogP contribution in [0.3, 0.4) is 0 Å². The van der Waals surface area contributed by atoms with Crippen molar-refractivity contribution < 1.29 is 9.47 Å². The van der Waals surface area contributed by atoms with Crippen molar-refractivity contribution in [3.05, 3.63) is 22.3 Å². The Morgan fingerprint density at radius 2 is 2.50 bits per heavy atom. The summed E-state index contributed by atoms with van der Waals surface area (Å²) in [5.74, 6) is 0.712. The molecule has 76 valence electrons. The molecule has 0 spiro atoms. The molecule has 1 aromatic rings. The molecule has 0 saturated carbocycles. The van der Waals surface area contributed by atoms with Gasteiger partial charge in [0.1, 0.15) is 6.10 Å². The van der Waals surface area contributed by atoms with Crippen LogP contribution in [-0.2, 0) is 4.74 Å². The van der Waals surface area contributed by atoms with Crippen molar-refractivity contribution in [3.63, 3.8) is 0 Å². The molecule has 2 heterocycles. The Kier molecular flexibility index (Phi) is 3.03. The molecule has 14 heavy (non-hydrogen) atoms. The van der Waals surface area contributed by atoms with E-state index in [-0.39, 0.29) is 6.10 Å². The third-order valence-electron chi connectivity index (χ3n) is 2.16. The summed E-state index contributed by atoms with van der Waals surface area (Å²) in [5.41, 5.74) is 1.05. The number of hydrogen-bond acceptors (Lipinski definition) is 3. The van der Waals surface area contributed by atoms with Gasteiger partial charge in [-0.1, -0.05) is 0 Å². The maximum Gasteiger partial charge on any atom is 0.216 e. The van der Waals surface area contributed by atoms with E-state index in [2.05, 4.69) is 20.9 Å². The van der Waals surface area contributed by atoms with Gasteiger partial charge in [0.25, 0.3) is 0 Å². The van der Waals surface area contributed by atoms with Gasteiger partial charge < -0.3 is 9.47 Å². The second kappa shape index (κ2) is 4.28. The Morgan fingerprint density at radius 1 is 1.64 bits per heavy atom. The van der Waals surface area contributed by atoms with Gasteiger partial charge in [-0.2, -0.15) is 0 Å². The molecule has 0 aliphatic carbocycles. The molecular weight excluding hydrogens is 246 g/mol. The van der Waals surface area contributed by atoms with E-state index in [1.54, 1.807) is 6.20 Å². The molecule has 1 aliphatic rings. The first-order valence-corrected chi connectivity index (χ1v) is 5.41. The van der Waals surface area contributed by atoms with E-state index in [1.165, 1.54) is 0 Å². The molecule has 1 atom stereocenters. The minimum Gasteiger partial charge on any atom is -0.472 e. The second-order valence-electron chi connectivity index (χ2n) is 3.38. The van der Waals surface area contributed by atoms with Crippen molar-refractivity contribution in [2.24, 2.45) is 0 Å². The lowest BCUT2D eigenvalue weighted by Crippen LogP contribution is -2.17. The number of ether oxygens (including phenoxy) is 2. The Hall–Kier alpha value is -0.610. The maximum absolute atomic E-state index is 5.70. The van der Waals surface area contributed by atoms with E-state index in [0.29, 0.717) is 12.5 Å². The summed E-state index contributed by atoms with van der Waals surface area (Å²) in [6.07, 6.45) is 2.87. The number of rotatable bonds is 2. The number of pyridine rings is 1. The molecule has 0 aromatic carbocycles. The monoisotopic (exact) mass is 257 g/mol. The van der Waals surface area contributed by atoms with Crippen molar-refractivity contribution in [1.82, 2.24) is 4.98 Å².